The summed E-state index contributed by atoms with van der Waals surface area (Å²) in [5, 5.41) is 15.0. The van der Waals surface area contributed by atoms with Gasteiger partial charge in [-0.15, -0.1) is 0 Å². The predicted octanol–water partition coefficient (Wildman–Crippen LogP) is 2.03. The van der Waals surface area contributed by atoms with Gasteiger partial charge in [-0.3, -0.25) is 15.7 Å². The summed E-state index contributed by atoms with van der Waals surface area (Å²) in [6.07, 6.45) is 0. The van der Waals surface area contributed by atoms with Crippen LogP contribution in [-0.2, 0) is 0 Å². The summed E-state index contributed by atoms with van der Waals surface area (Å²) in [5.41, 5.74) is 18.1. The largest absolute Gasteiger partial charge is 0.493 e. The van der Waals surface area contributed by atoms with Crippen LogP contribution in [0.3, 0.4) is 0 Å². The Labute approximate surface area is 149 Å². The van der Waals surface area contributed by atoms with Gasteiger partial charge in [-0.1, -0.05) is 11.8 Å². The van der Waals surface area contributed by atoms with Crippen LogP contribution >= 0.6 is 11.8 Å². The molecule has 0 bridgehead atoms. The van der Waals surface area contributed by atoms with E-state index in [-0.39, 0.29) is 11.9 Å². The highest BCUT2D eigenvalue weighted by Gasteiger charge is 2.14. The van der Waals surface area contributed by atoms with Crippen LogP contribution in [0.1, 0.15) is 0 Å². The van der Waals surface area contributed by atoms with Crippen LogP contribution in [0, 0.1) is 10.8 Å². The number of benzene rings is 2. The van der Waals surface area contributed by atoms with Crippen LogP contribution in [0.25, 0.3) is 0 Å². The summed E-state index contributed by atoms with van der Waals surface area (Å²) in [7, 11) is 3.12. The molecule has 0 spiro atoms. The zero-order chi connectivity index (χ0) is 18.6. The van der Waals surface area contributed by atoms with Gasteiger partial charge >= 0.3 is 0 Å². The zero-order valence-electron chi connectivity index (χ0n) is 13.9. The van der Waals surface area contributed by atoms with Gasteiger partial charge in [0.1, 0.15) is 0 Å². The Morgan fingerprint density at radius 1 is 0.960 bits per heavy atom. The Hall–Kier alpha value is -3.07. The first-order valence-corrected chi connectivity index (χ1v) is 7.96. The lowest BCUT2D eigenvalue weighted by atomic mass is 10.3. The van der Waals surface area contributed by atoms with Crippen LogP contribution in [0.2, 0.25) is 0 Å². The lowest BCUT2D eigenvalue weighted by Gasteiger charge is -2.20. The number of nitrogens with one attached hydrogen (secondary N) is 2. The van der Waals surface area contributed by atoms with E-state index in [1.54, 1.807) is 32.4 Å². The smallest absolute Gasteiger partial charge is 0.200 e. The van der Waals surface area contributed by atoms with E-state index in [4.69, 9.17) is 37.5 Å². The fraction of sp³-hybridized carbons (Fsp3) is 0.125. The van der Waals surface area contributed by atoms with Gasteiger partial charge in [0.05, 0.1) is 19.9 Å². The normalized spacial score (nSPS) is 10.2. The van der Waals surface area contributed by atoms with Crippen molar-refractivity contribution in [1.82, 2.24) is 0 Å². The van der Waals surface area contributed by atoms with Gasteiger partial charge in [0.25, 0.3) is 0 Å². The molecule has 0 aliphatic carbocycles. The van der Waals surface area contributed by atoms with Gasteiger partial charge in [-0.25, -0.2) is 0 Å². The quantitative estimate of drug-likeness (QED) is 0.311. The SMILES string of the molecule is COc1cc(N)c(Sc2ccc(N(C(=N)N)C(=N)N)cc2)cc1OC. The molecular weight excluding hydrogens is 340 g/mol. The average molecular weight is 360 g/mol. The molecule has 0 aromatic heterocycles. The Balaban J connectivity index is 2.27. The molecule has 25 heavy (non-hydrogen) atoms. The number of anilines is 2. The van der Waals surface area contributed by atoms with Crippen LogP contribution < -0.4 is 31.6 Å². The minimum Gasteiger partial charge on any atom is -0.493 e. The number of ether oxygens (including phenoxy) is 2. The Kier molecular flexibility index (Phi) is 5.60. The summed E-state index contributed by atoms with van der Waals surface area (Å²) >= 11 is 1.45. The molecule has 0 heterocycles. The second kappa shape index (κ2) is 7.67. The Bertz CT molecular complexity index is 780. The molecule has 0 aliphatic heterocycles. The molecule has 132 valence electrons. The average Bonchev–Trinajstić information content (AvgIpc) is 2.57. The van der Waals surface area contributed by atoms with Crippen molar-refractivity contribution in [3.05, 3.63) is 36.4 Å². The topological polar surface area (TPSA) is 147 Å². The maximum atomic E-state index is 7.50. The van der Waals surface area contributed by atoms with Crippen molar-refractivity contribution in [3.8, 4) is 11.5 Å². The third-order valence-corrected chi connectivity index (χ3v) is 4.40. The molecule has 0 radical (unpaired) electrons. The Morgan fingerprint density at radius 3 is 1.96 bits per heavy atom. The van der Waals surface area contributed by atoms with E-state index < -0.39 is 0 Å². The van der Waals surface area contributed by atoms with E-state index in [0.29, 0.717) is 22.9 Å². The van der Waals surface area contributed by atoms with Crippen LogP contribution in [0.15, 0.2) is 46.2 Å². The van der Waals surface area contributed by atoms with Gasteiger partial charge in [-0.05, 0) is 30.3 Å². The van der Waals surface area contributed by atoms with Crippen LogP contribution in [0.4, 0.5) is 11.4 Å². The van der Waals surface area contributed by atoms with Crippen LogP contribution in [-0.4, -0.2) is 26.1 Å². The highest BCUT2D eigenvalue weighted by molar-refractivity contribution is 7.99. The zero-order valence-corrected chi connectivity index (χ0v) is 14.7. The van der Waals surface area contributed by atoms with Gasteiger partial charge in [0.15, 0.2) is 23.4 Å². The first-order valence-electron chi connectivity index (χ1n) is 7.15. The van der Waals surface area contributed by atoms with Crippen molar-refractivity contribution in [1.29, 1.82) is 10.8 Å². The van der Waals surface area contributed by atoms with E-state index in [1.165, 1.54) is 11.8 Å². The number of nitrogen functional groups attached to an aromatic ring is 1. The number of nitrogens with zero attached hydrogens (tertiary/aromatic N) is 1. The second-order valence-corrected chi connectivity index (χ2v) is 6.06. The number of guanidine groups is 2. The number of methoxy groups -OCH3 is 2. The molecule has 0 fully saturated rings. The standard InChI is InChI=1S/C16H20N6O2S/c1-23-12-7-11(17)14(8-13(12)24-2)25-10-5-3-9(4-6-10)22(15(18)19)16(20)21/h3-8H,17H2,1-2H3,(H3,18,19)(H3,20,21). The highest BCUT2D eigenvalue weighted by atomic mass is 32.2. The predicted molar refractivity (Wildman–Crippen MR) is 101 cm³/mol. The lowest BCUT2D eigenvalue weighted by Crippen LogP contribution is -2.45. The molecule has 0 unspecified atom stereocenters. The molecule has 2 aromatic carbocycles. The second-order valence-electron chi connectivity index (χ2n) is 4.95. The minimum absolute atomic E-state index is 0.322. The third-order valence-electron chi connectivity index (χ3n) is 3.32. The van der Waals surface area contributed by atoms with Crippen molar-refractivity contribution in [2.24, 2.45) is 11.5 Å². The molecule has 0 amide bonds. The van der Waals surface area contributed by atoms with Crippen molar-refractivity contribution < 1.29 is 9.47 Å². The summed E-state index contributed by atoms with van der Waals surface area (Å²) in [4.78, 5) is 2.86. The number of rotatable bonds is 5. The lowest BCUT2D eigenvalue weighted by molar-refractivity contribution is 0.354. The van der Waals surface area contributed by atoms with E-state index in [9.17, 15) is 0 Å². The van der Waals surface area contributed by atoms with E-state index in [1.807, 2.05) is 18.2 Å². The number of nitrogens with two attached hydrogens (primary N) is 3. The maximum absolute atomic E-state index is 7.50. The van der Waals surface area contributed by atoms with E-state index in [2.05, 4.69) is 0 Å². The first-order chi connectivity index (χ1) is 11.9. The van der Waals surface area contributed by atoms with Gasteiger partial charge in [0.2, 0.25) is 0 Å². The molecular formula is C16H20N6O2S. The number of hydrogen-bond donors (Lipinski definition) is 5. The molecule has 0 aliphatic rings. The third kappa shape index (κ3) is 4.07. The summed E-state index contributed by atoms with van der Waals surface area (Å²) in [5.74, 6) is 0.516. The summed E-state index contributed by atoms with van der Waals surface area (Å²) < 4.78 is 10.5. The molecule has 2 rings (SSSR count). The fourth-order valence-corrected chi connectivity index (χ4v) is 3.03. The highest BCUT2D eigenvalue weighted by Crippen LogP contribution is 2.40. The fourth-order valence-electron chi connectivity index (χ4n) is 2.16. The summed E-state index contributed by atoms with van der Waals surface area (Å²) in [6, 6.07) is 10.6. The van der Waals surface area contributed by atoms with Crippen LogP contribution in [0.5, 0.6) is 11.5 Å². The van der Waals surface area contributed by atoms with Crippen molar-refractivity contribution >= 4 is 35.1 Å². The van der Waals surface area contributed by atoms with E-state index >= 15 is 0 Å². The first kappa shape index (κ1) is 18.3. The minimum atomic E-state index is -0.322. The molecule has 9 heteroatoms. The van der Waals surface area contributed by atoms with Crippen molar-refractivity contribution in [2.45, 2.75) is 9.79 Å². The van der Waals surface area contributed by atoms with Gasteiger partial charge in [0, 0.05) is 21.5 Å². The molecule has 0 saturated heterocycles. The number of hydrogen-bond acceptors (Lipinski definition) is 6. The van der Waals surface area contributed by atoms with E-state index in [0.717, 1.165) is 14.7 Å². The van der Waals surface area contributed by atoms with Gasteiger partial charge < -0.3 is 26.7 Å². The summed E-state index contributed by atoms with van der Waals surface area (Å²) in [6.45, 7) is 0. The van der Waals surface area contributed by atoms with Gasteiger partial charge in [-0.2, -0.15) is 0 Å². The monoisotopic (exact) mass is 360 g/mol. The van der Waals surface area contributed by atoms with Crippen molar-refractivity contribution in [2.75, 3.05) is 24.9 Å². The maximum Gasteiger partial charge on any atom is 0.200 e. The molecule has 8 nitrogen and oxygen atoms in total. The Morgan fingerprint density at radius 2 is 1.48 bits per heavy atom. The van der Waals surface area contributed by atoms with Crippen molar-refractivity contribution in [3.63, 3.8) is 0 Å². The molecule has 0 atom stereocenters. The molecule has 2 aromatic rings. The molecule has 0 saturated carbocycles. The molecule has 8 N–H and O–H groups in total.